The van der Waals surface area contributed by atoms with Gasteiger partial charge in [-0.1, -0.05) is 6.42 Å². The molecule has 1 aromatic heterocycles. The van der Waals surface area contributed by atoms with Crippen molar-refractivity contribution in [1.29, 1.82) is 0 Å². The lowest BCUT2D eigenvalue weighted by Gasteiger charge is -2.43. The zero-order chi connectivity index (χ0) is 14.9. The van der Waals surface area contributed by atoms with Crippen molar-refractivity contribution in [2.75, 3.05) is 32.1 Å². The number of halogens is 1. The van der Waals surface area contributed by atoms with Crippen LogP contribution in [0.4, 0.5) is 0 Å². The maximum absolute atomic E-state index is 12.8. The minimum absolute atomic E-state index is 0.407. The molecule has 7 heteroatoms. The predicted molar refractivity (Wildman–Crippen MR) is 86.7 cm³/mol. The average molecular weight is 349 g/mol. The average Bonchev–Trinajstić information content (AvgIpc) is 2.96. The van der Waals surface area contributed by atoms with Gasteiger partial charge >= 0.3 is 0 Å². The molecule has 0 aliphatic carbocycles. The zero-order valence-electron chi connectivity index (χ0n) is 12.0. The van der Waals surface area contributed by atoms with Gasteiger partial charge in [-0.25, -0.2) is 8.42 Å². The summed E-state index contributed by atoms with van der Waals surface area (Å²) in [6, 6.07) is 4.02. The summed E-state index contributed by atoms with van der Waals surface area (Å²) in [5.74, 6) is 0.529. The summed E-state index contributed by atoms with van der Waals surface area (Å²) in [6.07, 6.45) is 4.32. The fourth-order valence-corrected chi connectivity index (χ4v) is 6.49. The summed E-state index contributed by atoms with van der Waals surface area (Å²) in [7, 11) is -3.33. The van der Waals surface area contributed by atoms with Gasteiger partial charge in [0.2, 0.25) is 0 Å². The Labute approximate surface area is 135 Å². The standard InChI is InChI=1S/C14H21ClN2O2S2/c15-7-6-13-4-5-14(20-13)21(18,19)17-10-9-16-8-2-1-3-12(16)11-17/h4-5,12H,1-3,6-11H2. The van der Waals surface area contributed by atoms with E-state index in [9.17, 15) is 8.42 Å². The van der Waals surface area contributed by atoms with E-state index < -0.39 is 10.0 Å². The quantitative estimate of drug-likeness (QED) is 0.784. The number of aryl methyl sites for hydroxylation is 1. The van der Waals surface area contributed by atoms with Gasteiger partial charge in [0.1, 0.15) is 4.21 Å². The van der Waals surface area contributed by atoms with Gasteiger partial charge in [-0.2, -0.15) is 4.31 Å². The van der Waals surface area contributed by atoms with Crippen molar-refractivity contribution in [1.82, 2.24) is 9.21 Å². The molecule has 21 heavy (non-hydrogen) atoms. The number of hydrogen-bond acceptors (Lipinski definition) is 4. The topological polar surface area (TPSA) is 40.6 Å². The molecule has 3 rings (SSSR count). The van der Waals surface area contributed by atoms with Crippen LogP contribution in [0.2, 0.25) is 0 Å². The molecule has 3 heterocycles. The van der Waals surface area contributed by atoms with Gasteiger partial charge in [-0.05, 0) is 37.9 Å². The van der Waals surface area contributed by atoms with Crippen LogP contribution in [-0.4, -0.2) is 55.7 Å². The van der Waals surface area contributed by atoms with E-state index in [0.717, 1.165) is 30.8 Å². The molecule has 0 saturated carbocycles. The number of thiophene rings is 1. The van der Waals surface area contributed by atoms with Crippen molar-refractivity contribution in [2.45, 2.75) is 35.9 Å². The Bertz CT molecular complexity index is 588. The Balaban J connectivity index is 1.75. The van der Waals surface area contributed by atoms with Gasteiger partial charge in [0, 0.05) is 36.4 Å². The molecule has 2 aliphatic rings. The van der Waals surface area contributed by atoms with Crippen LogP contribution in [0, 0.1) is 0 Å². The van der Waals surface area contributed by atoms with E-state index in [1.807, 2.05) is 6.07 Å². The number of piperazine rings is 1. The lowest BCUT2D eigenvalue weighted by molar-refractivity contribution is 0.0852. The lowest BCUT2D eigenvalue weighted by Crippen LogP contribution is -2.55. The third kappa shape index (κ3) is 3.29. The third-order valence-electron chi connectivity index (χ3n) is 4.37. The highest BCUT2D eigenvalue weighted by molar-refractivity contribution is 7.91. The van der Waals surface area contributed by atoms with Crippen LogP contribution in [0.3, 0.4) is 0 Å². The van der Waals surface area contributed by atoms with Crippen molar-refractivity contribution in [3.8, 4) is 0 Å². The highest BCUT2D eigenvalue weighted by atomic mass is 35.5. The number of sulfonamides is 1. The van der Waals surface area contributed by atoms with E-state index in [1.165, 1.54) is 24.2 Å². The molecule has 0 spiro atoms. The number of rotatable bonds is 4. The Morgan fingerprint density at radius 2 is 2.10 bits per heavy atom. The molecule has 0 amide bonds. The number of piperidine rings is 1. The molecule has 118 valence electrons. The molecule has 2 fully saturated rings. The molecule has 1 unspecified atom stereocenters. The first kappa shape index (κ1) is 15.7. The van der Waals surface area contributed by atoms with E-state index in [2.05, 4.69) is 4.90 Å². The summed E-state index contributed by atoms with van der Waals surface area (Å²) < 4.78 is 27.7. The molecule has 1 aromatic rings. The fraction of sp³-hybridized carbons (Fsp3) is 0.714. The molecule has 2 aliphatic heterocycles. The van der Waals surface area contributed by atoms with Crippen LogP contribution in [-0.2, 0) is 16.4 Å². The molecular weight excluding hydrogens is 328 g/mol. The summed E-state index contributed by atoms with van der Waals surface area (Å²) in [4.78, 5) is 3.49. The van der Waals surface area contributed by atoms with Crippen molar-refractivity contribution in [3.63, 3.8) is 0 Å². The molecule has 4 nitrogen and oxygen atoms in total. The van der Waals surface area contributed by atoms with Crippen LogP contribution >= 0.6 is 22.9 Å². The first-order valence-corrected chi connectivity index (χ1v) is 10.3. The minimum atomic E-state index is -3.33. The van der Waals surface area contributed by atoms with Gasteiger partial charge in [-0.15, -0.1) is 22.9 Å². The van der Waals surface area contributed by atoms with Crippen LogP contribution in [0.25, 0.3) is 0 Å². The number of fused-ring (bicyclic) bond motifs is 1. The second-order valence-corrected chi connectivity index (χ2v) is 9.42. The molecule has 2 saturated heterocycles. The third-order valence-corrected chi connectivity index (χ3v) is 8.04. The van der Waals surface area contributed by atoms with Crippen LogP contribution < -0.4 is 0 Å². The van der Waals surface area contributed by atoms with Crippen molar-refractivity contribution < 1.29 is 8.42 Å². The van der Waals surface area contributed by atoms with E-state index in [4.69, 9.17) is 11.6 Å². The molecule has 0 bridgehead atoms. The highest BCUT2D eigenvalue weighted by Gasteiger charge is 2.35. The summed E-state index contributed by atoms with van der Waals surface area (Å²) in [5, 5.41) is 0. The molecule has 0 N–H and O–H groups in total. The SMILES string of the molecule is O=S(=O)(c1ccc(CCCl)s1)N1CCN2CCCCC2C1. The monoisotopic (exact) mass is 348 g/mol. The van der Waals surface area contributed by atoms with E-state index in [1.54, 1.807) is 10.4 Å². The summed E-state index contributed by atoms with van der Waals surface area (Å²) >= 11 is 7.09. The van der Waals surface area contributed by atoms with Gasteiger partial charge < -0.3 is 0 Å². The van der Waals surface area contributed by atoms with E-state index in [-0.39, 0.29) is 0 Å². The Morgan fingerprint density at radius 3 is 2.90 bits per heavy atom. The molecule has 0 aromatic carbocycles. The number of hydrogen-bond donors (Lipinski definition) is 0. The Hall–Kier alpha value is -0.140. The first-order chi connectivity index (χ1) is 10.1. The van der Waals surface area contributed by atoms with Gasteiger partial charge in [0.25, 0.3) is 10.0 Å². The smallest absolute Gasteiger partial charge is 0.252 e. The molecule has 0 radical (unpaired) electrons. The van der Waals surface area contributed by atoms with Gasteiger partial charge in [0.15, 0.2) is 0 Å². The molecular formula is C14H21ClN2O2S2. The summed E-state index contributed by atoms with van der Waals surface area (Å²) in [6.45, 7) is 3.24. The van der Waals surface area contributed by atoms with Crippen molar-refractivity contribution in [2.24, 2.45) is 0 Å². The second kappa shape index (κ2) is 6.54. The van der Waals surface area contributed by atoms with Crippen molar-refractivity contribution >= 4 is 33.0 Å². The summed E-state index contributed by atoms with van der Waals surface area (Å²) in [5.41, 5.74) is 0. The van der Waals surface area contributed by atoms with Crippen LogP contribution in [0.1, 0.15) is 24.1 Å². The first-order valence-electron chi connectivity index (χ1n) is 7.50. The van der Waals surface area contributed by atoms with E-state index >= 15 is 0 Å². The van der Waals surface area contributed by atoms with Crippen LogP contribution in [0.15, 0.2) is 16.3 Å². The maximum atomic E-state index is 12.8. The van der Waals surface area contributed by atoms with Gasteiger partial charge in [-0.3, -0.25) is 4.90 Å². The normalized spacial score (nSPS) is 24.9. The minimum Gasteiger partial charge on any atom is -0.298 e. The fourth-order valence-electron chi connectivity index (χ4n) is 3.20. The zero-order valence-corrected chi connectivity index (χ0v) is 14.4. The maximum Gasteiger partial charge on any atom is 0.252 e. The number of alkyl halides is 1. The largest absolute Gasteiger partial charge is 0.298 e. The van der Waals surface area contributed by atoms with E-state index in [0.29, 0.717) is 29.2 Å². The predicted octanol–water partition coefficient (Wildman–Crippen LogP) is 2.39. The Kier molecular flexibility index (Phi) is 4.90. The van der Waals surface area contributed by atoms with Gasteiger partial charge in [0.05, 0.1) is 0 Å². The second-order valence-electron chi connectivity index (χ2n) is 5.71. The van der Waals surface area contributed by atoms with Crippen molar-refractivity contribution in [3.05, 3.63) is 17.0 Å². The van der Waals surface area contributed by atoms with Crippen LogP contribution in [0.5, 0.6) is 0 Å². The number of nitrogens with zero attached hydrogens (tertiary/aromatic N) is 2. The Morgan fingerprint density at radius 1 is 1.24 bits per heavy atom. The molecule has 1 atom stereocenters. The lowest BCUT2D eigenvalue weighted by atomic mass is 10.0. The highest BCUT2D eigenvalue weighted by Crippen LogP contribution is 2.29.